The van der Waals surface area contributed by atoms with E-state index in [1.54, 1.807) is 12.4 Å². The van der Waals surface area contributed by atoms with Gasteiger partial charge in [-0.3, -0.25) is 4.98 Å². The number of nitrogens with zero attached hydrogens (tertiary/aromatic N) is 5. The Balaban J connectivity index is 1.05. The van der Waals surface area contributed by atoms with E-state index in [1.165, 1.54) is 16.3 Å². The summed E-state index contributed by atoms with van der Waals surface area (Å²) in [5.74, 6) is 1.64. The fraction of sp³-hybridized carbons (Fsp3) is 0. The molecule has 0 aliphatic carbocycles. The molecule has 9 rings (SSSR count). The summed E-state index contributed by atoms with van der Waals surface area (Å²) >= 11 is 0. The molecule has 0 spiro atoms. The molecular formula is C50H35N5. The summed E-state index contributed by atoms with van der Waals surface area (Å²) in [6.45, 7) is 8.85. The van der Waals surface area contributed by atoms with E-state index in [0.29, 0.717) is 23.0 Å². The number of para-hydroxylation sites is 2. The molecule has 3 aromatic heterocycles. The molecule has 0 unspecified atom stereocenters. The summed E-state index contributed by atoms with van der Waals surface area (Å²) in [4.78, 5) is 19.0. The Labute approximate surface area is 320 Å². The molecule has 0 bridgehead atoms. The number of hydrogen-bond acceptors (Lipinski definition) is 4. The van der Waals surface area contributed by atoms with Gasteiger partial charge in [0.1, 0.15) is 0 Å². The van der Waals surface area contributed by atoms with Crippen LogP contribution < -0.4 is 0 Å². The summed E-state index contributed by atoms with van der Waals surface area (Å²) in [5, 5.41) is 2.37. The number of pyridine rings is 1. The molecule has 0 aliphatic heterocycles. The molecule has 9 aromatic rings. The SMILES string of the molecule is C=C(/C=C\C(=C)c1nc(-c2ccc(-c3ccccc3)cc2)nc(-c2ccc(-c3ccncc3)cc2)n1)c1ccc2c(c1)c1ccccc1n2-c1ccccc1. The smallest absolute Gasteiger partial charge is 0.164 e. The van der Waals surface area contributed by atoms with E-state index >= 15 is 0 Å². The van der Waals surface area contributed by atoms with E-state index in [-0.39, 0.29) is 0 Å². The Morgan fingerprint density at radius 2 is 0.945 bits per heavy atom. The Bertz CT molecular complexity index is 2750. The molecule has 0 saturated heterocycles. The van der Waals surface area contributed by atoms with E-state index in [1.807, 2.05) is 60.7 Å². The fourth-order valence-corrected chi connectivity index (χ4v) is 6.98. The van der Waals surface area contributed by atoms with Gasteiger partial charge in [0, 0.05) is 45.6 Å². The van der Waals surface area contributed by atoms with Crippen LogP contribution in [0.5, 0.6) is 0 Å². The van der Waals surface area contributed by atoms with E-state index in [4.69, 9.17) is 15.0 Å². The van der Waals surface area contributed by atoms with Crippen LogP contribution >= 0.6 is 0 Å². The lowest BCUT2D eigenvalue weighted by molar-refractivity contribution is 1.04. The summed E-state index contributed by atoms with van der Waals surface area (Å²) in [6.07, 6.45) is 7.52. The topological polar surface area (TPSA) is 56.5 Å². The van der Waals surface area contributed by atoms with Crippen molar-refractivity contribution in [2.24, 2.45) is 0 Å². The zero-order valence-electron chi connectivity index (χ0n) is 30.0. The molecule has 0 fully saturated rings. The van der Waals surface area contributed by atoms with Gasteiger partial charge in [-0.2, -0.15) is 0 Å². The zero-order valence-corrected chi connectivity index (χ0v) is 30.0. The van der Waals surface area contributed by atoms with Crippen molar-refractivity contribution < 1.29 is 0 Å². The summed E-state index contributed by atoms with van der Waals surface area (Å²) in [6, 6.07) is 56.4. The minimum Gasteiger partial charge on any atom is -0.309 e. The second-order valence-electron chi connectivity index (χ2n) is 13.4. The van der Waals surface area contributed by atoms with Gasteiger partial charge in [-0.15, -0.1) is 0 Å². The molecule has 3 heterocycles. The van der Waals surface area contributed by atoms with Crippen molar-refractivity contribution in [1.29, 1.82) is 0 Å². The number of benzene rings is 6. The highest BCUT2D eigenvalue weighted by Gasteiger charge is 2.15. The third-order valence-electron chi connectivity index (χ3n) is 9.87. The van der Waals surface area contributed by atoms with Crippen LogP contribution in [0.2, 0.25) is 0 Å². The van der Waals surface area contributed by atoms with Crippen molar-refractivity contribution in [2.75, 3.05) is 0 Å². The van der Waals surface area contributed by atoms with Crippen LogP contribution in [-0.2, 0) is 0 Å². The lowest BCUT2D eigenvalue weighted by atomic mass is 10.0. The molecule has 0 amide bonds. The molecule has 0 saturated carbocycles. The van der Waals surface area contributed by atoms with Crippen molar-refractivity contribution in [2.45, 2.75) is 0 Å². The highest BCUT2D eigenvalue weighted by molar-refractivity contribution is 6.10. The summed E-state index contributed by atoms with van der Waals surface area (Å²) in [7, 11) is 0. The molecule has 5 heteroatoms. The van der Waals surface area contributed by atoms with Crippen LogP contribution in [-0.4, -0.2) is 24.5 Å². The molecule has 0 radical (unpaired) electrons. The number of aromatic nitrogens is 5. The van der Waals surface area contributed by atoms with Gasteiger partial charge >= 0.3 is 0 Å². The molecular weight excluding hydrogens is 671 g/mol. The Morgan fingerprint density at radius 1 is 0.436 bits per heavy atom. The van der Waals surface area contributed by atoms with Gasteiger partial charge in [0.2, 0.25) is 0 Å². The van der Waals surface area contributed by atoms with Gasteiger partial charge in [0.15, 0.2) is 17.5 Å². The second-order valence-corrected chi connectivity index (χ2v) is 13.4. The van der Waals surface area contributed by atoms with Gasteiger partial charge in [-0.05, 0) is 75.9 Å². The minimum absolute atomic E-state index is 0.496. The molecule has 55 heavy (non-hydrogen) atoms. The molecule has 5 nitrogen and oxygen atoms in total. The highest BCUT2D eigenvalue weighted by atomic mass is 15.0. The van der Waals surface area contributed by atoms with E-state index in [0.717, 1.165) is 55.7 Å². The average Bonchev–Trinajstić information content (AvgIpc) is 3.60. The Kier molecular flexibility index (Phi) is 8.79. The molecule has 260 valence electrons. The van der Waals surface area contributed by atoms with E-state index < -0.39 is 0 Å². The maximum atomic E-state index is 4.96. The van der Waals surface area contributed by atoms with Gasteiger partial charge in [0.05, 0.1) is 11.0 Å². The number of fused-ring (bicyclic) bond motifs is 3. The van der Waals surface area contributed by atoms with Gasteiger partial charge < -0.3 is 4.57 Å². The first-order chi connectivity index (χ1) is 27.1. The van der Waals surface area contributed by atoms with Crippen molar-refractivity contribution in [3.63, 3.8) is 0 Å². The van der Waals surface area contributed by atoms with Crippen molar-refractivity contribution >= 4 is 33.0 Å². The maximum Gasteiger partial charge on any atom is 0.164 e. The molecule has 0 atom stereocenters. The van der Waals surface area contributed by atoms with Crippen LogP contribution in [0.25, 0.3) is 83.7 Å². The molecule has 0 N–H and O–H groups in total. The molecule has 0 aliphatic rings. The third kappa shape index (κ3) is 6.67. The van der Waals surface area contributed by atoms with E-state index in [2.05, 4.69) is 138 Å². The van der Waals surface area contributed by atoms with Gasteiger partial charge in [-0.1, -0.05) is 147 Å². The monoisotopic (exact) mass is 705 g/mol. The first-order valence-corrected chi connectivity index (χ1v) is 18.2. The van der Waals surface area contributed by atoms with Crippen LogP contribution in [0.15, 0.2) is 201 Å². The van der Waals surface area contributed by atoms with Crippen LogP contribution in [0, 0.1) is 0 Å². The minimum atomic E-state index is 0.496. The third-order valence-corrected chi connectivity index (χ3v) is 9.87. The van der Waals surface area contributed by atoms with Crippen LogP contribution in [0.1, 0.15) is 11.4 Å². The predicted octanol–water partition coefficient (Wildman–Crippen LogP) is 12.3. The maximum absolute atomic E-state index is 4.96. The normalized spacial score (nSPS) is 11.3. The Hall–Kier alpha value is -7.50. The van der Waals surface area contributed by atoms with Crippen LogP contribution in [0.4, 0.5) is 0 Å². The first-order valence-electron chi connectivity index (χ1n) is 18.2. The molecule has 6 aromatic carbocycles. The van der Waals surface area contributed by atoms with Crippen LogP contribution in [0.3, 0.4) is 0 Å². The first kappa shape index (κ1) is 33.3. The largest absolute Gasteiger partial charge is 0.309 e. The van der Waals surface area contributed by atoms with Crippen molar-refractivity contribution in [3.8, 4) is 50.7 Å². The lowest BCUT2D eigenvalue weighted by Crippen LogP contribution is -2.02. The number of allylic oxidation sites excluding steroid dienone is 4. The quantitative estimate of drug-likeness (QED) is 0.140. The highest BCUT2D eigenvalue weighted by Crippen LogP contribution is 2.34. The Morgan fingerprint density at radius 3 is 1.60 bits per heavy atom. The fourth-order valence-electron chi connectivity index (χ4n) is 6.98. The van der Waals surface area contributed by atoms with Crippen molar-refractivity contribution in [1.82, 2.24) is 24.5 Å². The summed E-state index contributed by atoms with van der Waals surface area (Å²) in [5.41, 5.74) is 12.2. The lowest BCUT2D eigenvalue weighted by Gasteiger charge is -2.10. The van der Waals surface area contributed by atoms with Crippen molar-refractivity contribution in [3.05, 3.63) is 213 Å². The average molecular weight is 706 g/mol. The summed E-state index contributed by atoms with van der Waals surface area (Å²) < 4.78 is 2.31. The van der Waals surface area contributed by atoms with E-state index in [9.17, 15) is 0 Å². The number of rotatable bonds is 9. The van der Waals surface area contributed by atoms with Gasteiger partial charge in [-0.25, -0.2) is 15.0 Å². The van der Waals surface area contributed by atoms with Gasteiger partial charge in [0.25, 0.3) is 0 Å². The zero-order chi connectivity index (χ0) is 37.1. The number of hydrogen-bond donors (Lipinski definition) is 0. The second kappa shape index (κ2) is 14.5. The predicted molar refractivity (Wildman–Crippen MR) is 227 cm³/mol. The standard InChI is InChI=1S/C50H35N5/c1-34(42-27-28-47-45(33-42)44-15-9-10-16-46(44)55(47)43-13-7-4-8-14-43)17-18-35(2)48-52-49(40-23-19-37(20-24-40)36-11-5-3-6-12-36)54-50(53-48)41-25-21-38(22-26-41)39-29-31-51-32-30-39/h3-33H,1-2H2/b18-17-.